The Morgan fingerprint density at radius 2 is 1.92 bits per heavy atom. The Labute approximate surface area is 152 Å². The van der Waals surface area contributed by atoms with Crippen LogP contribution in [0.1, 0.15) is 11.1 Å². The van der Waals surface area contributed by atoms with Crippen molar-refractivity contribution in [1.29, 1.82) is 0 Å². The summed E-state index contributed by atoms with van der Waals surface area (Å²) in [5.41, 5.74) is 2.95. The lowest BCUT2D eigenvalue weighted by Crippen LogP contribution is -2.26. The van der Waals surface area contributed by atoms with Crippen molar-refractivity contribution >= 4 is 38.8 Å². The van der Waals surface area contributed by atoms with Gasteiger partial charge in [0.2, 0.25) is 0 Å². The summed E-state index contributed by atoms with van der Waals surface area (Å²) in [7, 11) is -3.26. The minimum atomic E-state index is -3.26. The van der Waals surface area contributed by atoms with Gasteiger partial charge in [0.25, 0.3) is 0 Å². The van der Waals surface area contributed by atoms with E-state index in [-0.39, 0.29) is 5.75 Å². The fourth-order valence-corrected chi connectivity index (χ4v) is 5.06. The second-order valence-corrected chi connectivity index (χ2v) is 8.93. The van der Waals surface area contributed by atoms with Crippen LogP contribution in [0.4, 0.5) is 5.82 Å². The van der Waals surface area contributed by atoms with E-state index in [9.17, 15) is 8.42 Å². The standard InChI is InChI=1S/C19H18N2O2S2/c1-13-6-7-16-15(10-13)17(24)11-19(20-16)21-8-9-25(22,23)18-5-3-2-4-14(18)12-21/h2-7,10-11H,8-9,12H2,1H3,(H,20,24). The van der Waals surface area contributed by atoms with E-state index < -0.39 is 9.84 Å². The number of hydrogen-bond donors (Lipinski definition) is 1. The summed E-state index contributed by atoms with van der Waals surface area (Å²) in [6.07, 6.45) is 0. The smallest absolute Gasteiger partial charge is 0.180 e. The molecule has 0 aliphatic carbocycles. The van der Waals surface area contributed by atoms with Crippen LogP contribution in [0.15, 0.2) is 53.4 Å². The lowest BCUT2D eigenvalue weighted by Gasteiger charge is -2.23. The third kappa shape index (κ3) is 2.96. The maximum absolute atomic E-state index is 12.5. The van der Waals surface area contributed by atoms with Gasteiger partial charge in [0, 0.05) is 24.0 Å². The van der Waals surface area contributed by atoms with Gasteiger partial charge in [-0.25, -0.2) is 8.42 Å². The summed E-state index contributed by atoms with van der Waals surface area (Å²) >= 11 is 5.56. The maximum atomic E-state index is 12.5. The lowest BCUT2D eigenvalue weighted by atomic mass is 10.1. The van der Waals surface area contributed by atoms with Crippen LogP contribution >= 0.6 is 12.2 Å². The molecule has 6 heteroatoms. The third-order valence-corrected chi connectivity index (χ3v) is 6.74. The summed E-state index contributed by atoms with van der Waals surface area (Å²) in [5, 5.41) is 1.02. The molecule has 25 heavy (non-hydrogen) atoms. The first kappa shape index (κ1) is 16.3. The largest absolute Gasteiger partial charge is 0.353 e. The van der Waals surface area contributed by atoms with E-state index in [1.165, 1.54) is 0 Å². The second-order valence-electron chi connectivity index (χ2n) is 6.42. The van der Waals surface area contributed by atoms with Crippen molar-refractivity contribution in [2.75, 3.05) is 17.2 Å². The number of pyridine rings is 1. The van der Waals surface area contributed by atoms with E-state index >= 15 is 0 Å². The average molecular weight is 370 g/mol. The first-order valence-corrected chi connectivity index (χ1v) is 10.2. The van der Waals surface area contributed by atoms with Gasteiger partial charge in [0.05, 0.1) is 15.2 Å². The van der Waals surface area contributed by atoms with E-state index in [1.807, 2.05) is 37.3 Å². The van der Waals surface area contributed by atoms with Gasteiger partial charge in [-0.05, 0) is 36.8 Å². The van der Waals surface area contributed by atoms with Crippen LogP contribution in [-0.4, -0.2) is 25.7 Å². The Hall–Kier alpha value is -2.18. The molecule has 2 heterocycles. The number of nitrogens with zero attached hydrogens (tertiary/aromatic N) is 1. The molecular formula is C19H18N2O2S2. The van der Waals surface area contributed by atoms with Crippen LogP contribution in [0, 0.1) is 11.4 Å². The Morgan fingerprint density at radius 3 is 2.76 bits per heavy atom. The second kappa shape index (κ2) is 5.97. The zero-order valence-corrected chi connectivity index (χ0v) is 15.5. The summed E-state index contributed by atoms with van der Waals surface area (Å²) in [6.45, 7) is 3.01. The van der Waals surface area contributed by atoms with Gasteiger partial charge in [-0.3, -0.25) is 0 Å². The molecule has 4 nitrogen and oxygen atoms in total. The topological polar surface area (TPSA) is 53.2 Å². The summed E-state index contributed by atoms with van der Waals surface area (Å²) in [6, 6.07) is 15.3. The Kier molecular flexibility index (Phi) is 3.89. The number of anilines is 1. The molecule has 0 amide bonds. The molecule has 3 aromatic rings. The van der Waals surface area contributed by atoms with E-state index in [0.717, 1.165) is 32.4 Å². The number of hydrogen-bond acceptors (Lipinski definition) is 4. The fourth-order valence-electron chi connectivity index (χ4n) is 3.29. The molecular weight excluding hydrogens is 352 g/mol. The SMILES string of the molecule is Cc1ccc2[nH]c(N3CCS(=O)(=O)c4ccccc4C3)cc(=S)c2c1. The average Bonchev–Trinajstić information content (AvgIpc) is 2.72. The van der Waals surface area contributed by atoms with Gasteiger partial charge >= 0.3 is 0 Å². The summed E-state index contributed by atoms with van der Waals surface area (Å²) < 4.78 is 25.8. The maximum Gasteiger partial charge on any atom is 0.180 e. The van der Waals surface area contributed by atoms with E-state index in [2.05, 4.69) is 16.0 Å². The molecule has 2 aromatic carbocycles. The molecule has 0 bridgehead atoms. The fraction of sp³-hybridized carbons (Fsp3) is 0.211. The Bertz CT molecular complexity index is 1130. The van der Waals surface area contributed by atoms with Gasteiger partial charge < -0.3 is 9.88 Å². The highest BCUT2D eigenvalue weighted by molar-refractivity contribution is 7.91. The van der Waals surface area contributed by atoms with Crippen LogP contribution in [0.25, 0.3) is 10.9 Å². The number of benzene rings is 2. The molecule has 1 aliphatic heterocycles. The monoisotopic (exact) mass is 370 g/mol. The van der Waals surface area contributed by atoms with Crippen LogP contribution in [0.2, 0.25) is 0 Å². The number of sulfone groups is 1. The van der Waals surface area contributed by atoms with Gasteiger partial charge in [-0.1, -0.05) is 42.0 Å². The number of aromatic amines is 1. The van der Waals surface area contributed by atoms with E-state index in [4.69, 9.17) is 12.2 Å². The van der Waals surface area contributed by atoms with Crippen molar-refractivity contribution in [1.82, 2.24) is 4.98 Å². The van der Waals surface area contributed by atoms with Crippen molar-refractivity contribution in [2.24, 2.45) is 0 Å². The molecule has 0 saturated heterocycles. The number of H-pyrrole nitrogens is 1. The minimum Gasteiger partial charge on any atom is -0.353 e. The van der Waals surface area contributed by atoms with Crippen molar-refractivity contribution in [3.8, 4) is 0 Å². The highest BCUT2D eigenvalue weighted by Gasteiger charge is 2.25. The Morgan fingerprint density at radius 1 is 1.12 bits per heavy atom. The molecule has 0 radical (unpaired) electrons. The first-order chi connectivity index (χ1) is 11.9. The molecule has 4 rings (SSSR count). The first-order valence-electron chi connectivity index (χ1n) is 8.13. The normalized spacial score (nSPS) is 16.4. The van der Waals surface area contributed by atoms with Gasteiger partial charge in [-0.15, -0.1) is 0 Å². The van der Waals surface area contributed by atoms with Crippen molar-refractivity contribution in [2.45, 2.75) is 18.4 Å². The highest BCUT2D eigenvalue weighted by atomic mass is 32.2. The molecule has 1 N–H and O–H groups in total. The van der Waals surface area contributed by atoms with Gasteiger partial charge in [-0.2, -0.15) is 0 Å². The van der Waals surface area contributed by atoms with Crippen LogP contribution in [-0.2, 0) is 16.4 Å². The zero-order chi connectivity index (χ0) is 17.6. The zero-order valence-electron chi connectivity index (χ0n) is 13.8. The van der Waals surface area contributed by atoms with E-state index in [0.29, 0.717) is 18.0 Å². The van der Waals surface area contributed by atoms with Crippen molar-refractivity contribution in [3.63, 3.8) is 0 Å². The van der Waals surface area contributed by atoms with Crippen LogP contribution in [0.5, 0.6) is 0 Å². The number of fused-ring (bicyclic) bond motifs is 2. The molecule has 1 aliphatic rings. The van der Waals surface area contributed by atoms with E-state index in [1.54, 1.807) is 12.1 Å². The summed E-state index contributed by atoms with van der Waals surface area (Å²) in [4.78, 5) is 5.91. The molecule has 128 valence electrons. The number of aryl methyl sites for hydroxylation is 1. The summed E-state index contributed by atoms with van der Waals surface area (Å²) in [5.74, 6) is 0.949. The van der Waals surface area contributed by atoms with Crippen LogP contribution < -0.4 is 4.90 Å². The van der Waals surface area contributed by atoms with Crippen molar-refractivity contribution in [3.05, 3.63) is 64.2 Å². The van der Waals surface area contributed by atoms with Gasteiger partial charge in [0.1, 0.15) is 5.82 Å². The van der Waals surface area contributed by atoms with Gasteiger partial charge in [0.15, 0.2) is 9.84 Å². The van der Waals surface area contributed by atoms with Crippen molar-refractivity contribution < 1.29 is 8.42 Å². The molecule has 0 unspecified atom stereocenters. The third-order valence-electron chi connectivity index (χ3n) is 4.61. The number of rotatable bonds is 1. The predicted octanol–water partition coefficient (Wildman–Crippen LogP) is 4.00. The highest BCUT2D eigenvalue weighted by Crippen LogP contribution is 2.27. The molecule has 0 saturated carbocycles. The molecule has 0 atom stereocenters. The minimum absolute atomic E-state index is 0.0938. The quantitative estimate of drug-likeness (QED) is 0.658. The Balaban J connectivity index is 1.82. The molecule has 0 fully saturated rings. The predicted molar refractivity (Wildman–Crippen MR) is 103 cm³/mol. The van der Waals surface area contributed by atoms with Crippen LogP contribution in [0.3, 0.4) is 0 Å². The molecule has 1 aromatic heterocycles. The lowest BCUT2D eigenvalue weighted by molar-refractivity contribution is 0.596. The number of nitrogens with one attached hydrogen (secondary N) is 1. The number of aromatic nitrogens is 1. The molecule has 0 spiro atoms.